The van der Waals surface area contributed by atoms with Crippen LogP contribution >= 0.6 is 0 Å². The normalized spacial score (nSPS) is 17.0. The first-order valence-electron chi connectivity index (χ1n) is 6.36. The van der Waals surface area contributed by atoms with E-state index in [-0.39, 0.29) is 5.78 Å². The van der Waals surface area contributed by atoms with Crippen molar-refractivity contribution in [3.8, 4) is 0 Å². The third-order valence-corrected chi connectivity index (χ3v) is 3.35. The molecule has 0 N–H and O–H groups in total. The number of carbonyl (C=O) groups excluding carboxylic acids is 1. The molecule has 0 saturated carbocycles. The minimum Gasteiger partial charge on any atom is -0.381 e. The summed E-state index contributed by atoms with van der Waals surface area (Å²) in [5.74, 6) is 0.664. The molecule has 3 heteroatoms. The van der Waals surface area contributed by atoms with Crippen LogP contribution < -0.4 is 0 Å². The molecular weight excluding hydrogens is 214 g/mol. The quantitative estimate of drug-likeness (QED) is 0.750. The molecule has 1 aromatic heterocycles. The molecule has 0 bridgehead atoms. The summed E-state index contributed by atoms with van der Waals surface area (Å²) in [5, 5.41) is 0. The van der Waals surface area contributed by atoms with E-state index in [1.54, 1.807) is 6.20 Å². The standard InChI is InChI=1S/C14H19NO2/c1-2-12-4-3-7-15-14(12)13(16)10-11-5-8-17-9-6-11/h3-4,7,11H,2,5-6,8-10H2,1H3. The van der Waals surface area contributed by atoms with Crippen LogP contribution in [0, 0.1) is 5.92 Å². The van der Waals surface area contributed by atoms with Crippen LogP contribution in [0.3, 0.4) is 0 Å². The average Bonchev–Trinajstić information content (AvgIpc) is 2.40. The van der Waals surface area contributed by atoms with Crippen LogP contribution in [0.15, 0.2) is 18.3 Å². The van der Waals surface area contributed by atoms with Crippen LogP contribution in [-0.4, -0.2) is 24.0 Å². The summed E-state index contributed by atoms with van der Waals surface area (Å²) in [4.78, 5) is 16.4. The Bertz CT molecular complexity index is 384. The van der Waals surface area contributed by atoms with Crippen molar-refractivity contribution in [1.82, 2.24) is 4.98 Å². The summed E-state index contributed by atoms with van der Waals surface area (Å²) < 4.78 is 5.30. The van der Waals surface area contributed by atoms with Gasteiger partial charge in [-0.1, -0.05) is 13.0 Å². The van der Waals surface area contributed by atoms with E-state index in [2.05, 4.69) is 11.9 Å². The van der Waals surface area contributed by atoms with Gasteiger partial charge in [0.15, 0.2) is 5.78 Å². The third-order valence-electron chi connectivity index (χ3n) is 3.35. The van der Waals surface area contributed by atoms with Crippen LogP contribution in [-0.2, 0) is 11.2 Å². The van der Waals surface area contributed by atoms with Crippen LogP contribution in [0.2, 0.25) is 0 Å². The maximum atomic E-state index is 12.2. The molecule has 0 spiro atoms. The van der Waals surface area contributed by atoms with Crippen LogP contribution in [0.25, 0.3) is 0 Å². The first-order chi connectivity index (χ1) is 8.31. The van der Waals surface area contributed by atoms with Crippen molar-refractivity contribution in [3.63, 3.8) is 0 Å². The first-order valence-corrected chi connectivity index (χ1v) is 6.36. The van der Waals surface area contributed by atoms with Gasteiger partial charge in [0, 0.05) is 25.8 Å². The zero-order valence-corrected chi connectivity index (χ0v) is 10.3. The van der Waals surface area contributed by atoms with E-state index in [9.17, 15) is 4.79 Å². The number of hydrogen-bond acceptors (Lipinski definition) is 3. The predicted molar refractivity (Wildman–Crippen MR) is 66.1 cm³/mol. The Hall–Kier alpha value is -1.22. The molecule has 2 heterocycles. The second-order valence-electron chi connectivity index (χ2n) is 4.55. The van der Waals surface area contributed by atoms with Gasteiger partial charge in [-0.25, -0.2) is 0 Å². The number of aryl methyl sites for hydroxylation is 1. The molecule has 1 aliphatic heterocycles. The number of Topliss-reactive ketones (excluding diaryl/α,β-unsaturated/α-hetero) is 1. The molecule has 1 fully saturated rings. The Morgan fingerprint density at radius 1 is 1.47 bits per heavy atom. The molecule has 1 aliphatic rings. The van der Waals surface area contributed by atoms with Gasteiger partial charge < -0.3 is 4.74 Å². The number of ketones is 1. The summed E-state index contributed by atoms with van der Waals surface area (Å²) in [6.07, 6.45) is 5.19. The molecule has 0 aromatic carbocycles. The molecule has 0 amide bonds. The van der Waals surface area contributed by atoms with E-state index in [1.807, 2.05) is 12.1 Å². The van der Waals surface area contributed by atoms with Crippen molar-refractivity contribution in [2.75, 3.05) is 13.2 Å². The molecule has 1 saturated heterocycles. The van der Waals surface area contributed by atoms with Crippen molar-refractivity contribution in [2.45, 2.75) is 32.6 Å². The van der Waals surface area contributed by atoms with Crippen molar-refractivity contribution in [3.05, 3.63) is 29.6 Å². The average molecular weight is 233 g/mol. The summed E-state index contributed by atoms with van der Waals surface area (Å²) in [6.45, 7) is 3.64. The minimum absolute atomic E-state index is 0.189. The SMILES string of the molecule is CCc1cccnc1C(=O)CC1CCOCC1. The Balaban J connectivity index is 2.03. The lowest BCUT2D eigenvalue weighted by molar-refractivity contribution is 0.0599. The molecule has 2 rings (SSSR count). The number of ether oxygens (including phenoxy) is 1. The predicted octanol–water partition coefficient (Wildman–Crippen LogP) is 2.64. The van der Waals surface area contributed by atoms with Crippen molar-refractivity contribution in [1.29, 1.82) is 0 Å². The van der Waals surface area contributed by atoms with Gasteiger partial charge in [-0.05, 0) is 36.8 Å². The summed E-state index contributed by atoms with van der Waals surface area (Å²) in [6, 6.07) is 3.88. The van der Waals surface area contributed by atoms with E-state index in [0.717, 1.165) is 38.0 Å². The van der Waals surface area contributed by atoms with Crippen molar-refractivity contribution in [2.24, 2.45) is 5.92 Å². The Labute approximate surface area is 102 Å². The van der Waals surface area contributed by atoms with E-state index >= 15 is 0 Å². The zero-order chi connectivity index (χ0) is 12.1. The topological polar surface area (TPSA) is 39.2 Å². The first kappa shape index (κ1) is 12.2. The Kier molecular flexibility index (Phi) is 4.26. The highest BCUT2D eigenvalue weighted by Crippen LogP contribution is 2.21. The highest BCUT2D eigenvalue weighted by atomic mass is 16.5. The molecule has 0 unspecified atom stereocenters. The van der Waals surface area contributed by atoms with Gasteiger partial charge in [-0.2, -0.15) is 0 Å². The lowest BCUT2D eigenvalue weighted by atomic mass is 9.92. The Morgan fingerprint density at radius 3 is 2.94 bits per heavy atom. The van der Waals surface area contributed by atoms with E-state index < -0.39 is 0 Å². The Morgan fingerprint density at radius 2 is 2.24 bits per heavy atom. The molecule has 1 aromatic rings. The molecule has 0 atom stereocenters. The number of rotatable bonds is 4. The maximum Gasteiger partial charge on any atom is 0.181 e. The largest absolute Gasteiger partial charge is 0.381 e. The van der Waals surface area contributed by atoms with Gasteiger partial charge in [0.2, 0.25) is 0 Å². The molecule has 17 heavy (non-hydrogen) atoms. The van der Waals surface area contributed by atoms with E-state index in [4.69, 9.17) is 4.74 Å². The van der Waals surface area contributed by atoms with E-state index in [1.165, 1.54) is 0 Å². The summed E-state index contributed by atoms with van der Waals surface area (Å²) in [5.41, 5.74) is 1.73. The van der Waals surface area contributed by atoms with Crippen LogP contribution in [0.4, 0.5) is 0 Å². The molecule has 3 nitrogen and oxygen atoms in total. The zero-order valence-electron chi connectivity index (χ0n) is 10.3. The number of aromatic nitrogens is 1. The van der Waals surface area contributed by atoms with Gasteiger partial charge in [-0.15, -0.1) is 0 Å². The second-order valence-corrected chi connectivity index (χ2v) is 4.55. The number of carbonyl (C=O) groups is 1. The number of pyridine rings is 1. The monoisotopic (exact) mass is 233 g/mol. The fraction of sp³-hybridized carbons (Fsp3) is 0.571. The number of nitrogens with zero attached hydrogens (tertiary/aromatic N) is 1. The van der Waals surface area contributed by atoms with Gasteiger partial charge in [0.25, 0.3) is 0 Å². The minimum atomic E-state index is 0.189. The lowest BCUT2D eigenvalue weighted by Gasteiger charge is -2.21. The molecular formula is C14H19NO2. The van der Waals surface area contributed by atoms with Crippen LogP contribution in [0.5, 0.6) is 0 Å². The molecule has 0 aliphatic carbocycles. The van der Waals surface area contributed by atoms with Crippen LogP contribution in [0.1, 0.15) is 42.2 Å². The fourth-order valence-corrected chi connectivity index (χ4v) is 2.28. The number of hydrogen-bond donors (Lipinski definition) is 0. The summed E-state index contributed by atoms with van der Waals surface area (Å²) in [7, 11) is 0. The third kappa shape index (κ3) is 3.13. The van der Waals surface area contributed by atoms with Crippen molar-refractivity contribution < 1.29 is 9.53 Å². The van der Waals surface area contributed by atoms with E-state index in [0.29, 0.717) is 18.0 Å². The van der Waals surface area contributed by atoms with Gasteiger partial charge in [-0.3, -0.25) is 9.78 Å². The second kappa shape index (κ2) is 5.92. The smallest absolute Gasteiger partial charge is 0.181 e. The molecule has 92 valence electrons. The lowest BCUT2D eigenvalue weighted by Crippen LogP contribution is -2.19. The highest BCUT2D eigenvalue weighted by Gasteiger charge is 2.20. The fourth-order valence-electron chi connectivity index (χ4n) is 2.28. The highest BCUT2D eigenvalue weighted by molar-refractivity contribution is 5.95. The van der Waals surface area contributed by atoms with Gasteiger partial charge in [0.05, 0.1) is 0 Å². The van der Waals surface area contributed by atoms with Gasteiger partial charge in [0.1, 0.15) is 5.69 Å². The summed E-state index contributed by atoms with van der Waals surface area (Å²) >= 11 is 0. The molecule has 0 radical (unpaired) electrons. The van der Waals surface area contributed by atoms with Gasteiger partial charge >= 0.3 is 0 Å². The van der Waals surface area contributed by atoms with Crippen molar-refractivity contribution >= 4 is 5.78 Å². The maximum absolute atomic E-state index is 12.2.